The zero-order chi connectivity index (χ0) is 23.7. The van der Waals surface area contributed by atoms with Crippen molar-refractivity contribution < 1.29 is 19.1 Å². The number of aromatic amines is 1. The quantitative estimate of drug-likeness (QED) is 0.446. The van der Waals surface area contributed by atoms with Crippen LogP contribution in [0, 0.1) is 5.82 Å². The molecule has 0 saturated heterocycles. The van der Waals surface area contributed by atoms with Gasteiger partial charge in [-0.1, -0.05) is 48.5 Å². The number of benzene rings is 3. The van der Waals surface area contributed by atoms with E-state index >= 15 is 0 Å². The lowest BCUT2D eigenvalue weighted by molar-refractivity contribution is -0.136. The van der Waals surface area contributed by atoms with Gasteiger partial charge < -0.3 is 15.0 Å². The fourth-order valence-corrected chi connectivity index (χ4v) is 4.44. The molecule has 0 fully saturated rings. The van der Waals surface area contributed by atoms with Crippen LogP contribution in [-0.4, -0.2) is 40.3 Å². The van der Waals surface area contributed by atoms with Crippen molar-refractivity contribution in [2.45, 2.75) is 18.9 Å². The molecule has 3 aromatic carbocycles. The molecular weight excluding hydrogens is 433 g/mol. The Balaban J connectivity index is 1.66. The number of nitrogens with zero attached hydrogens (tertiary/aromatic N) is 2. The van der Waals surface area contributed by atoms with Crippen molar-refractivity contribution in [3.63, 3.8) is 0 Å². The molecule has 1 aliphatic heterocycles. The Morgan fingerprint density at radius 1 is 1.00 bits per heavy atom. The molecule has 170 valence electrons. The number of rotatable bonds is 6. The van der Waals surface area contributed by atoms with E-state index in [1.807, 2.05) is 30.5 Å². The average molecular weight is 455 g/mol. The SMILES string of the molecule is O=C(O)CCN1C(=O)[C@@H](Cc2c[nH]c3ccccc23)N=C(c2ccccc2F)c2ccccc21. The molecule has 0 spiro atoms. The van der Waals surface area contributed by atoms with Gasteiger partial charge in [0, 0.05) is 41.2 Å². The zero-order valence-corrected chi connectivity index (χ0v) is 18.2. The van der Waals surface area contributed by atoms with Gasteiger partial charge in [-0.2, -0.15) is 0 Å². The van der Waals surface area contributed by atoms with Gasteiger partial charge in [0.15, 0.2) is 0 Å². The second-order valence-corrected chi connectivity index (χ2v) is 8.19. The lowest BCUT2D eigenvalue weighted by atomic mass is 9.99. The highest BCUT2D eigenvalue weighted by Gasteiger charge is 2.33. The summed E-state index contributed by atoms with van der Waals surface area (Å²) in [5.41, 5.74) is 3.65. The predicted molar refractivity (Wildman–Crippen MR) is 129 cm³/mol. The maximum absolute atomic E-state index is 14.9. The number of benzodiazepines with no additional fused rings is 1. The topological polar surface area (TPSA) is 85.8 Å². The van der Waals surface area contributed by atoms with Crippen molar-refractivity contribution in [2.24, 2.45) is 4.99 Å². The van der Waals surface area contributed by atoms with Crippen molar-refractivity contribution in [3.8, 4) is 0 Å². The molecule has 6 nitrogen and oxygen atoms in total. The van der Waals surface area contributed by atoms with Crippen LogP contribution in [0.5, 0.6) is 0 Å². The summed E-state index contributed by atoms with van der Waals surface area (Å²) in [5.74, 6) is -1.75. The first-order chi connectivity index (χ1) is 16.5. The van der Waals surface area contributed by atoms with E-state index in [4.69, 9.17) is 4.99 Å². The number of carboxylic acids is 1. The number of fused-ring (bicyclic) bond motifs is 2. The van der Waals surface area contributed by atoms with E-state index < -0.39 is 17.8 Å². The molecular formula is C27H22FN3O3. The molecule has 34 heavy (non-hydrogen) atoms. The number of para-hydroxylation sites is 2. The number of halogens is 1. The first kappa shape index (κ1) is 21.6. The number of aliphatic imine (C=N–C) groups is 1. The molecule has 2 heterocycles. The van der Waals surface area contributed by atoms with Gasteiger partial charge in [-0.15, -0.1) is 0 Å². The number of anilines is 1. The van der Waals surface area contributed by atoms with Crippen molar-refractivity contribution in [1.82, 2.24) is 4.98 Å². The van der Waals surface area contributed by atoms with Crippen LogP contribution in [0.3, 0.4) is 0 Å². The smallest absolute Gasteiger partial charge is 0.305 e. The Kier molecular flexibility index (Phi) is 5.67. The van der Waals surface area contributed by atoms with Gasteiger partial charge in [-0.05, 0) is 29.8 Å². The zero-order valence-electron chi connectivity index (χ0n) is 18.2. The third kappa shape index (κ3) is 3.96. The summed E-state index contributed by atoms with van der Waals surface area (Å²) in [5, 5.41) is 10.3. The molecule has 1 aromatic heterocycles. The van der Waals surface area contributed by atoms with Crippen LogP contribution in [0.25, 0.3) is 10.9 Å². The molecule has 7 heteroatoms. The van der Waals surface area contributed by atoms with Crippen LogP contribution >= 0.6 is 0 Å². The van der Waals surface area contributed by atoms with Crippen molar-refractivity contribution in [2.75, 3.05) is 11.4 Å². The van der Waals surface area contributed by atoms with E-state index in [0.717, 1.165) is 16.5 Å². The minimum absolute atomic E-state index is 0.00433. The summed E-state index contributed by atoms with van der Waals surface area (Å²) in [6.45, 7) is -0.00433. The first-order valence-electron chi connectivity index (χ1n) is 11.0. The van der Waals surface area contributed by atoms with Gasteiger partial charge in [-0.3, -0.25) is 14.6 Å². The van der Waals surface area contributed by atoms with Crippen LogP contribution in [0.2, 0.25) is 0 Å². The Morgan fingerprint density at radius 2 is 1.71 bits per heavy atom. The molecule has 1 aliphatic rings. The molecule has 0 unspecified atom stereocenters. The van der Waals surface area contributed by atoms with E-state index in [2.05, 4.69) is 4.98 Å². The number of aromatic nitrogens is 1. The van der Waals surface area contributed by atoms with Gasteiger partial charge >= 0.3 is 5.97 Å². The summed E-state index contributed by atoms with van der Waals surface area (Å²) in [4.78, 5) is 34.6. The fraction of sp³-hybridized carbons (Fsp3) is 0.148. The fourth-order valence-electron chi connectivity index (χ4n) is 4.44. The Labute approximate surface area is 195 Å². The number of nitrogens with one attached hydrogen (secondary N) is 1. The van der Waals surface area contributed by atoms with E-state index in [1.165, 1.54) is 11.0 Å². The van der Waals surface area contributed by atoms with Gasteiger partial charge in [0.2, 0.25) is 0 Å². The molecule has 0 aliphatic carbocycles. The van der Waals surface area contributed by atoms with Gasteiger partial charge in [0.25, 0.3) is 5.91 Å². The maximum Gasteiger partial charge on any atom is 0.305 e. The third-order valence-electron chi connectivity index (χ3n) is 6.05. The minimum Gasteiger partial charge on any atom is -0.481 e. The van der Waals surface area contributed by atoms with E-state index in [9.17, 15) is 19.1 Å². The van der Waals surface area contributed by atoms with Gasteiger partial charge in [-0.25, -0.2) is 4.39 Å². The van der Waals surface area contributed by atoms with Crippen molar-refractivity contribution in [3.05, 3.63) is 102 Å². The monoisotopic (exact) mass is 455 g/mol. The molecule has 4 aromatic rings. The molecule has 1 atom stereocenters. The van der Waals surface area contributed by atoms with Crippen molar-refractivity contribution in [1.29, 1.82) is 0 Å². The number of aliphatic carboxylic acids is 1. The summed E-state index contributed by atoms with van der Waals surface area (Å²) in [6, 6.07) is 20.4. The second kappa shape index (κ2) is 8.94. The van der Waals surface area contributed by atoms with E-state index in [1.54, 1.807) is 42.5 Å². The summed E-state index contributed by atoms with van der Waals surface area (Å²) >= 11 is 0. The molecule has 0 radical (unpaired) electrons. The Morgan fingerprint density at radius 3 is 2.50 bits per heavy atom. The second-order valence-electron chi connectivity index (χ2n) is 8.19. The van der Waals surface area contributed by atoms with Gasteiger partial charge in [0.1, 0.15) is 11.9 Å². The highest BCUT2D eigenvalue weighted by Crippen LogP contribution is 2.31. The van der Waals surface area contributed by atoms with Crippen LogP contribution in [0.15, 0.2) is 84.0 Å². The molecule has 1 amide bonds. The number of carboxylic acid groups (broad SMARTS) is 1. The average Bonchev–Trinajstić information content (AvgIpc) is 3.20. The standard InChI is InChI=1S/C27H22FN3O3/c28-21-10-4-1-8-19(21)26-20-9-3-6-12-24(20)31(14-13-25(32)33)27(34)23(30-26)15-17-16-29-22-11-5-2-7-18(17)22/h1-12,16,23,29H,13-15H2,(H,32,33)/t23-/m1/s1. The predicted octanol–water partition coefficient (Wildman–Crippen LogP) is 4.58. The number of hydrogen-bond donors (Lipinski definition) is 2. The minimum atomic E-state index is -1.00. The summed E-state index contributed by atoms with van der Waals surface area (Å²) in [7, 11) is 0. The number of H-pyrrole nitrogens is 1. The highest BCUT2D eigenvalue weighted by atomic mass is 19.1. The third-order valence-corrected chi connectivity index (χ3v) is 6.05. The van der Waals surface area contributed by atoms with Crippen LogP contribution in [-0.2, 0) is 16.0 Å². The summed E-state index contributed by atoms with van der Waals surface area (Å²) in [6.07, 6.45) is 1.93. The van der Waals surface area contributed by atoms with Crippen LogP contribution < -0.4 is 4.90 Å². The Hall–Kier alpha value is -4.26. The number of hydrogen-bond acceptors (Lipinski definition) is 3. The largest absolute Gasteiger partial charge is 0.481 e. The van der Waals surface area contributed by atoms with Crippen molar-refractivity contribution >= 4 is 34.2 Å². The number of carbonyl (C=O) groups excluding carboxylic acids is 1. The first-order valence-corrected chi connectivity index (χ1v) is 11.0. The molecule has 0 bridgehead atoms. The van der Waals surface area contributed by atoms with E-state index in [-0.39, 0.29) is 18.9 Å². The normalized spacial score (nSPS) is 15.7. The summed E-state index contributed by atoms with van der Waals surface area (Å²) < 4.78 is 14.9. The van der Waals surface area contributed by atoms with E-state index in [0.29, 0.717) is 28.9 Å². The molecule has 0 saturated carbocycles. The molecule has 2 N–H and O–H groups in total. The lowest BCUT2D eigenvalue weighted by Gasteiger charge is -2.24. The Bertz CT molecular complexity index is 1430. The number of amides is 1. The lowest BCUT2D eigenvalue weighted by Crippen LogP contribution is -2.40. The van der Waals surface area contributed by atoms with Crippen LogP contribution in [0.4, 0.5) is 10.1 Å². The van der Waals surface area contributed by atoms with Gasteiger partial charge in [0.05, 0.1) is 17.8 Å². The highest BCUT2D eigenvalue weighted by molar-refractivity contribution is 6.20. The van der Waals surface area contributed by atoms with Crippen LogP contribution in [0.1, 0.15) is 23.1 Å². The number of carbonyl (C=O) groups is 2. The maximum atomic E-state index is 14.9. The molecule has 5 rings (SSSR count).